The molecule has 0 amide bonds. The van der Waals surface area contributed by atoms with Crippen LogP contribution in [0.15, 0.2) is 46.9 Å². The van der Waals surface area contributed by atoms with Gasteiger partial charge in [-0.2, -0.15) is 0 Å². The lowest BCUT2D eigenvalue weighted by molar-refractivity contribution is -0.385. The second-order valence-electron chi connectivity index (χ2n) is 5.29. The Morgan fingerprint density at radius 1 is 1.27 bits per heavy atom. The van der Waals surface area contributed by atoms with E-state index < -0.39 is 16.7 Å². The molecule has 2 aromatic carbocycles. The zero-order valence-electron chi connectivity index (χ0n) is 13.7. The number of halogens is 1. The number of nitrogens with zero attached hydrogens (tertiary/aromatic N) is 1. The first-order chi connectivity index (χ1) is 12.5. The molecule has 7 nitrogen and oxygen atoms in total. The van der Waals surface area contributed by atoms with E-state index in [4.69, 9.17) is 13.9 Å². The predicted octanol–water partition coefficient (Wildman–Crippen LogP) is 4.24. The molecule has 0 radical (unpaired) electrons. The van der Waals surface area contributed by atoms with Gasteiger partial charge in [0.05, 0.1) is 23.2 Å². The molecule has 26 heavy (non-hydrogen) atoms. The lowest BCUT2D eigenvalue weighted by atomic mass is 10.1. The largest absolute Gasteiger partial charge is 0.486 e. The van der Waals surface area contributed by atoms with Crippen LogP contribution in [0.25, 0.3) is 11.0 Å². The van der Waals surface area contributed by atoms with Crippen molar-refractivity contribution < 1.29 is 28.0 Å². The van der Waals surface area contributed by atoms with Gasteiger partial charge in [0.15, 0.2) is 11.6 Å². The van der Waals surface area contributed by atoms with Crippen molar-refractivity contribution in [1.29, 1.82) is 0 Å². The number of hydrogen-bond acceptors (Lipinski definition) is 6. The predicted molar refractivity (Wildman–Crippen MR) is 89.6 cm³/mol. The number of rotatable bonds is 6. The van der Waals surface area contributed by atoms with Crippen molar-refractivity contribution >= 4 is 22.6 Å². The quantitative estimate of drug-likeness (QED) is 0.371. The van der Waals surface area contributed by atoms with Gasteiger partial charge < -0.3 is 13.9 Å². The van der Waals surface area contributed by atoms with Crippen LogP contribution in [0.2, 0.25) is 0 Å². The molecule has 0 unspecified atom stereocenters. The van der Waals surface area contributed by atoms with E-state index in [0.29, 0.717) is 16.5 Å². The lowest BCUT2D eigenvalue weighted by Gasteiger charge is -2.07. The number of furan rings is 1. The first-order valence-electron chi connectivity index (χ1n) is 7.75. The maximum Gasteiger partial charge on any atom is 0.374 e. The van der Waals surface area contributed by atoms with Crippen LogP contribution in [0.3, 0.4) is 0 Å². The van der Waals surface area contributed by atoms with E-state index in [1.807, 2.05) is 0 Å². The Labute approximate surface area is 147 Å². The number of benzene rings is 2. The number of esters is 1. The summed E-state index contributed by atoms with van der Waals surface area (Å²) < 4.78 is 29.9. The monoisotopic (exact) mass is 359 g/mol. The van der Waals surface area contributed by atoms with E-state index in [1.54, 1.807) is 31.2 Å². The molecule has 1 aromatic heterocycles. The first-order valence-corrected chi connectivity index (χ1v) is 7.75. The molecule has 0 saturated heterocycles. The van der Waals surface area contributed by atoms with Gasteiger partial charge >= 0.3 is 5.97 Å². The van der Waals surface area contributed by atoms with Gasteiger partial charge in [-0.25, -0.2) is 9.18 Å². The fraction of sp³-hybridized carbons (Fsp3) is 0.167. The Morgan fingerprint density at radius 3 is 2.73 bits per heavy atom. The molecule has 0 bridgehead atoms. The number of carbonyl (C=O) groups excluding carboxylic acids is 1. The minimum Gasteiger partial charge on any atom is -0.486 e. The van der Waals surface area contributed by atoms with Crippen LogP contribution in [0, 0.1) is 15.9 Å². The maximum absolute atomic E-state index is 14.0. The summed E-state index contributed by atoms with van der Waals surface area (Å²) in [6.45, 7) is 1.68. The van der Waals surface area contributed by atoms with Crippen LogP contribution < -0.4 is 4.74 Å². The Morgan fingerprint density at radius 2 is 2.04 bits per heavy atom. The number of ether oxygens (including phenoxy) is 2. The van der Waals surface area contributed by atoms with Gasteiger partial charge in [0.2, 0.25) is 5.76 Å². The summed E-state index contributed by atoms with van der Waals surface area (Å²) in [7, 11) is 0. The van der Waals surface area contributed by atoms with E-state index in [9.17, 15) is 19.3 Å². The van der Waals surface area contributed by atoms with Crippen molar-refractivity contribution in [3.8, 4) is 5.75 Å². The summed E-state index contributed by atoms with van der Waals surface area (Å²) in [4.78, 5) is 22.1. The normalized spacial score (nSPS) is 10.7. The summed E-state index contributed by atoms with van der Waals surface area (Å²) >= 11 is 0. The van der Waals surface area contributed by atoms with Crippen LogP contribution in [0.5, 0.6) is 5.75 Å². The average Bonchev–Trinajstić information content (AvgIpc) is 2.99. The first kappa shape index (κ1) is 17.4. The standard InChI is InChI=1S/C18H14FNO6/c1-2-24-18(21)17-13(12-5-3-4-6-15(12)26-17)10-25-16-8-7-11(20(22)23)9-14(16)19/h3-9H,2,10H2,1H3. The van der Waals surface area contributed by atoms with Gasteiger partial charge in [0.25, 0.3) is 5.69 Å². The minimum atomic E-state index is -0.871. The molecule has 134 valence electrons. The van der Waals surface area contributed by atoms with Crippen LogP contribution in [-0.2, 0) is 11.3 Å². The number of fused-ring (bicyclic) bond motifs is 1. The van der Waals surface area contributed by atoms with Crippen molar-refractivity contribution in [1.82, 2.24) is 0 Å². The van der Waals surface area contributed by atoms with Crippen molar-refractivity contribution in [2.75, 3.05) is 6.61 Å². The van der Waals surface area contributed by atoms with Crippen molar-refractivity contribution in [3.05, 3.63) is 69.7 Å². The van der Waals surface area contributed by atoms with Crippen LogP contribution in [-0.4, -0.2) is 17.5 Å². The molecule has 0 atom stereocenters. The Kier molecular flexibility index (Phi) is 4.83. The molecule has 0 aliphatic carbocycles. The highest BCUT2D eigenvalue weighted by Gasteiger charge is 2.22. The summed E-state index contributed by atoms with van der Waals surface area (Å²) in [5, 5.41) is 11.3. The molecule has 0 spiro atoms. The fourth-order valence-electron chi connectivity index (χ4n) is 2.47. The number of carbonyl (C=O) groups is 1. The number of para-hydroxylation sites is 1. The number of non-ortho nitro benzene ring substituents is 1. The fourth-order valence-corrected chi connectivity index (χ4v) is 2.47. The van der Waals surface area contributed by atoms with Gasteiger partial charge in [0.1, 0.15) is 12.2 Å². The highest BCUT2D eigenvalue weighted by molar-refractivity contribution is 5.96. The van der Waals surface area contributed by atoms with Gasteiger partial charge in [-0.15, -0.1) is 0 Å². The van der Waals surface area contributed by atoms with E-state index in [-0.39, 0.29) is 30.4 Å². The summed E-state index contributed by atoms with van der Waals surface area (Å²) in [5.74, 6) is -1.71. The number of nitro groups is 1. The van der Waals surface area contributed by atoms with Crippen molar-refractivity contribution in [2.24, 2.45) is 0 Å². The second kappa shape index (κ2) is 7.22. The van der Waals surface area contributed by atoms with Crippen molar-refractivity contribution in [3.63, 3.8) is 0 Å². The molecule has 8 heteroatoms. The molecular formula is C18H14FNO6. The highest BCUT2D eigenvalue weighted by atomic mass is 19.1. The molecule has 0 saturated carbocycles. The van der Waals surface area contributed by atoms with Crippen LogP contribution >= 0.6 is 0 Å². The van der Waals surface area contributed by atoms with Crippen LogP contribution in [0.1, 0.15) is 23.0 Å². The molecule has 3 rings (SSSR count). The third-order valence-corrected chi connectivity index (χ3v) is 3.66. The van der Waals surface area contributed by atoms with Gasteiger partial charge in [0, 0.05) is 11.5 Å². The van der Waals surface area contributed by atoms with Crippen LogP contribution in [0.4, 0.5) is 10.1 Å². The Hall–Kier alpha value is -3.42. The molecule has 0 fully saturated rings. The highest BCUT2D eigenvalue weighted by Crippen LogP contribution is 2.29. The summed E-state index contributed by atoms with van der Waals surface area (Å²) in [6.07, 6.45) is 0. The SMILES string of the molecule is CCOC(=O)c1oc2ccccc2c1COc1ccc([N+](=O)[O-])cc1F. The molecule has 3 aromatic rings. The van der Waals surface area contributed by atoms with Gasteiger partial charge in [-0.3, -0.25) is 10.1 Å². The van der Waals surface area contributed by atoms with E-state index >= 15 is 0 Å². The Balaban J connectivity index is 1.92. The smallest absolute Gasteiger partial charge is 0.374 e. The van der Waals surface area contributed by atoms with E-state index in [1.165, 1.54) is 6.07 Å². The minimum absolute atomic E-state index is 0.0182. The van der Waals surface area contributed by atoms with E-state index in [0.717, 1.165) is 12.1 Å². The van der Waals surface area contributed by atoms with Gasteiger partial charge in [-0.05, 0) is 19.1 Å². The molecule has 0 aliphatic heterocycles. The molecule has 1 heterocycles. The third kappa shape index (κ3) is 3.34. The molecule has 0 aliphatic rings. The summed E-state index contributed by atoms with van der Waals surface area (Å²) in [5.41, 5.74) is 0.506. The maximum atomic E-state index is 14.0. The third-order valence-electron chi connectivity index (χ3n) is 3.66. The van der Waals surface area contributed by atoms with E-state index in [2.05, 4.69) is 0 Å². The zero-order chi connectivity index (χ0) is 18.7. The number of nitro benzene ring substituents is 1. The molecule has 0 N–H and O–H groups in total. The second-order valence-corrected chi connectivity index (χ2v) is 5.29. The molecular weight excluding hydrogens is 345 g/mol. The van der Waals surface area contributed by atoms with Crippen molar-refractivity contribution in [2.45, 2.75) is 13.5 Å². The van der Waals surface area contributed by atoms with Gasteiger partial charge in [-0.1, -0.05) is 18.2 Å². The topological polar surface area (TPSA) is 91.8 Å². The zero-order valence-corrected chi connectivity index (χ0v) is 13.7. The number of hydrogen-bond donors (Lipinski definition) is 0. The Bertz CT molecular complexity index is 981. The average molecular weight is 359 g/mol. The summed E-state index contributed by atoms with van der Waals surface area (Å²) in [6, 6.07) is 10.0. The lowest BCUT2D eigenvalue weighted by Crippen LogP contribution is -2.08.